The number of methoxy groups -OCH3 is 1. The Labute approximate surface area is 175 Å². The summed E-state index contributed by atoms with van der Waals surface area (Å²) in [7, 11) is 1.55. The second-order valence-corrected chi connectivity index (χ2v) is 6.40. The first-order valence-corrected chi connectivity index (χ1v) is 9.52. The van der Waals surface area contributed by atoms with E-state index in [0.717, 1.165) is 11.1 Å². The molecule has 0 atom stereocenters. The molecule has 30 heavy (non-hydrogen) atoms. The molecular formula is C24H23NO5. The zero-order valence-electron chi connectivity index (χ0n) is 16.7. The standard InChI is InChI=1S/C24H23NO5/c1-28-21-9-5-6-10-22(21)29-16-15-24(27)30-17-23(26)25-20-13-11-19(12-14-20)18-7-3-2-4-8-18/h2-14H,15-17H2,1H3,(H,25,26). The number of carbonyl (C=O) groups excluding carboxylic acids is 2. The van der Waals surface area contributed by atoms with E-state index in [0.29, 0.717) is 17.2 Å². The Morgan fingerprint density at radius 3 is 2.13 bits per heavy atom. The van der Waals surface area contributed by atoms with Crippen LogP contribution in [0.4, 0.5) is 5.69 Å². The van der Waals surface area contributed by atoms with E-state index in [1.165, 1.54) is 0 Å². The molecule has 0 radical (unpaired) electrons. The Hall–Kier alpha value is -3.80. The van der Waals surface area contributed by atoms with Crippen LogP contribution < -0.4 is 14.8 Å². The lowest BCUT2D eigenvalue weighted by Gasteiger charge is -2.10. The second-order valence-electron chi connectivity index (χ2n) is 6.40. The van der Waals surface area contributed by atoms with Crippen molar-refractivity contribution in [2.45, 2.75) is 6.42 Å². The summed E-state index contributed by atoms with van der Waals surface area (Å²) in [6, 6.07) is 24.6. The number of rotatable bonds is 9. The van der Waals surface area contributed by atoms with Gasteiger partial charge in [-0.05, 0) is 35.4 Å². The van der Waals surface area contributed by atoms with Gasteiger partial charge in [0.25, 0.3) is 5.91 Å². The topological polar surface area (TPSA) is 73.9 Å². The minimum absolute atomic E-state index is 0.0249. The van der Waals surface area contributed by atoms with Gasteiger partial charge in [-0.25, -0.2) is 0 Å². The van der Waals surface area contributed by atoms with E-state index < -0.39 is 11.9 Å². The van der Waals surface area contributed by atoms with Crippen molar-refractivity contribution in [3.63, 3.8) is 0 Å². The second kappa shape index (κ2) is 10.7. The average Bonchev–Trinajstić information content (AvgIpc) is 2.79. The average molecular weight is 405 g/mol. The summed E-state index contributed by atoms with van der Waals surface area (Å²) in [5.41, 5.74) is 2.78. The summed E-state index contributed by atoms with van der Waals surface area (Å²) in [6.45, 7) is -0.226. The number of hydrogen-bond donors (Lipinski definition) is 1. The van der Waals surface area contributed by atoms with Crippen molar-refractivity contribution in [2.75, 3.05) is 25.6 Å². The third-order valence-corrected chi connectivity index (χ3v) is 4.27. The van der Waals surface area contributed by atoms with Crippen LogP contribution >= 0.6 is 0 Å². The summed E-state index contributed by atoms with van der Waals surface area (Å²) in [5.74, 6) is 0.217. The van der Waals surface area contributed by atoms with Gasteiger partial charge in [0.2, 0.25) is 0 Å². The SMILES string of the molecule is COc1ccccc1OCCC(=O)OCC(=O)Nc1ccc(-c2ccccc2)cc1. The highest BCUT2D eigenvalue weighted by molar-refractivity contribution is 5.93. The molecule has 0 aliphatic carbocycles. The molecule has 1 amide bonds. The third-order valence-electron chi connectivity index (χ3n) is 4.27. The monoisotopic (exact) mass is 405 g/mol. The Balaban J connectivity index is 1.39. The maximum absolute atomic E-state index is 12.0. The van der Waals surface area contributed by atoms with Gasteiger partial charge < -0.3 is 19.5 Å². The number of esters is 1. The van der Waals surface area contributed by atoms with Gasteiger partial charge in [0, 0.05) is 5.69 Å². The Morgan fingerprint density at radius 1 is 0.800 bits per heavy atom. The molecule has 0 saturated heterocycles. The number of anilines is 1. The van der Waals surface area contributed by atoms with E-state index in [1.807, 2.05) is 66.7 Å². The van der Waals surface area contributed by atoms with Crippen molar-refractivity contribution in [3.8, 4) is 22.6 Å². The maximum atomic E-state index is 12.0. The van der Waals surface area contributed by atoms with Crippen LogP contribution in [-0.2, 0) is 14.3 Å². The first-order valence-electron chi connectivity index (χ1n) is 9.52. The molecule has 0 aliphatic rings. The molecule has 154 valence electrons. The van der Waals surface area contributed by atoms with E-state index in [-0.39, 0.29) is 19.6 Å². The first kappa shape index (κ1) is 20.9. The predicted octanol–water partition coefficient (Wildman–Crippen LogP) is 4.31. The van der Waals surface area contributed by atoms with Gasteiger partial charge in [-0.3, -0.25) is 9.59 Å². The van der Waals surface area contributed by atoms with Gasteiger partial charge in [0.15, 0.2) is 18.1 Å². The van der Waals surface area contributed by atoms with E-state index in [1.54, 1.807) is 19.2 Å². The smallest absolute Gasteiger partial charge is 0.309 e. The minimum Gasteiger partial charge on any atom is -0.493 e. The van der Waals surface area contributed by atoms with Crippen LogP contribution in [0.3, 0.4) is 0 Å². The molecule has 0 heterocycles. The van der Waals surface area contributed by atoms with Crippen LogP contribution in [0, 0.1) is 0 Å². The molecule has 0 aromatic heterocycles. The highest BCUT2D eigenvalue weighted by Gasteiger charge is 2.10. The minimum atomic E-state index is -0.514. The van der Waals surface area contributed by atoms with Gasteiger partial charge in [-0.1, -0.05) is 54.6 Å². The molecule has 3 rings (SSSR count). The molecule has 0 saturated carbocycles. The van der Waals surface area contributed by atoms with Crippen LogP contribution in [0.2, 0.25) is 0 Å². The zero-order chi connectivity index (χ0) is 21.2. The van der Waals surface area contributed by atoms with Crippen molar-refractivity contribution < 1.29 is 23.8 Å². The Kier molecular flexibility index (Phi) is 7.44. The summed E-state index contributed by atoms with van der Waals surface area (Å²) >= 11 is 0. The fourth-order valence-electron chi connectivity index (χ4n) is 2.77. The van der Waals surface area contributed by atoms with Crippen LogP contribution in [-0.4, -0.2) is 32.2 Å². The number of nitrogens with one attached hydrogen (secondary N) is 1. The largest absolute Gasteiger partial charge is 0.493 e. The van der Waals surface area contributed by atoms with E-state index in [2.05, 4.69) is 5.32 Å². The Morgan fingerprint density at radius 2 is 1.43 bits per heavy atom. The Bertz CT molecular complexity index is 970. The highest BCUT2D eigenvalue weighted by atomic mass is 16.5. The highest BCUT2D eigenvalue weighted by Crippen LogP contribution is 2.25. The van der Waals surface area contributed by atoms with Crippen LogP contribution in [0.5, 0.6) is 11.5 Å². The van der Waals surface area contributed by atoms with E-state index >= 15 is 0 Å². The number of carbonyl (C=O) groups is 2. The molecule has 0 bridgehead atoms. The summed E-state index contributed by atoms with van der Waals surface area (Å²) in [6.07, 6.45) is 0.0249. The van der Waals surface area contributed by atoms with Gasteiger partial charge in [-0.15, -0.1) is 0 Å². The summed E-state index contributed by atoms with van der Waals surface area (Å²) < 4.78 is 15.7. The summed E-state index contributed by atoms with van der Waals surface area (Å²) in [4.78, 5) is 23.8. The fraction of sp³-hybridized carbons (Fsp3) is 0.167. The van der Waals surface area contributed by atoms with Crippen molar-refractivity contribution >= 4 is 17.6 Å². The molecule has 6 heteroatoms. The number of ether oxygens (including phenoxy) is 3. The van der Waals surface area contributed by atoms with Gasteiger partial charge >= 0.3 is 5.97 Å². The normalized spacial score (nSPS) is 10.2. The van der Waals surface area contributed by atoms with Crippen LogP contribution in [0.15, 0.2) is 78.9 Å². The molecule has 0 spiro atoms. The van der Waals surface area contributed by atoms with E-state index in [9.17, 15) is 9.59 Å². The summed E-state index contributed by atoms with van der Waals surface area (Å²) in [5, 5.41) is 2.71. The fourth-order valence-corrected chi connectivity index (χ4v) is 2.77. The molecule has 1 N–H and O–H groups in total. The first-order chi connectivity index (χ1) is 14.7. The van der Waals surface area contributed by atoms with Crippen molar-refractivity contribution in [1.82, 2.24) is 0 Å². The van der Waals surface area contributed by atoms with Crippen molar-refractivity contribution in [2.24, 2.45) is 0 Å². The molecule has 0 aliphatic heterocycles. The van der Waals surface area contributed by atoms with Gasteiger partial charge in [-0.2, -0.15) is 0 Å². The third kappa shape index (κ3) is 6.10. The number of hydrogen-bond acceptors (Lipinski definition) is 5. The zero-order valence-corrected chi connectivity index (χ0v) is 16.7. The lowest BCUT2D eigenvalue weighted by molar-refractivity contribution is -0.147. The van der Waals surface area contributed by atoms with E-state index in [4.69, 9.17) is 14.2 Å². The van der Waals surface area contributed by atoms with Gasteiger partial charge in [0.1, 0.15) is 0 Å². The molecule has 6 nitrogen and oxygen atoms in total. The predicted molar refractivity (Wildman–Crippen MR) is 115 cm³/mol. The quantitative estimate of drug-likeness (QED) is 0.537. The van der Waals surface area contributed by atoms with Crippen LogP contribution in [0.1, 0.15) is 6.42 Å². The molecular weight excluding hydrogens is 382 g/mol. The maximum Gasteiger partial charge on any atom is 0.309 e. The molecule has 3 aromatic carbocycles. The number of amides is 1. The van der Waals surface area contributed by atoms with Crippen LogP contribution in [0.25, 0.3) is 11.1 Å². The number of para-hydroxylation sites is 2. The lowest BCUT2D eigenvalue weighted by Crippen LogP contribution is -2.21. The molecule has 3 aromatic rings. The van der Waals surface area contributed by atoms with Crippen molar-refractivity contribution in [1.29, 1.82) is 0 Å². The lowest BCUT2D eigenvalue weighted by atomic mass is 10.1. The number of benzene rings is 3. The van der Waals surface area contributed by atoms with Gasteiger partial charge in [0.05, 0.1) is 20.1 Å². The molecule has 0 unspecified atom stereocenters. The molecule has 0 fully saturated rings. The van der Waals surface area contributed by atoms with Crippen molar-refractivity contribution in [3.05, 3.63) is 78.9 Å².